The maximum Gasteiger partial charge on any atom is 0.123 e. The number of rotatable bonds is 5. The molecule has 1 aromatic carbocycles. The van der Waals surface area contributed by atoms with Gasteiger partial charge in [0.2, 0.25) is 0 Å². The molecular weight excluding hydrogens is 308 g/mol. The Morgan fingerprint density at radius 2 is 1.71 bits per heavy atom. The molecule has 4 heteroatoms. The molecule has 1 aliphatic carbocycles. The van der Waals surface area contributed by atoms with Gasteiger partial charge in [0.25, 0.3) is 0 Å². The molecule has 0 saturated heterocycles. The van der Waals surface area contributed by atoms with Crippen molar-refractivity contribution in [3.8, 4) is 11.1 Å². The molecule has 114 valence electrons. The first-order valence-corrected chi connectivity index (χ1v) is 7.01. The summed E-state index contributed by atoms with van der Waals surface area (Å²) in [5.41, 5.74) is 3.38. The van der Waals surface area contributed by atoms with Crippen LogP contribution in [-0.2, 0) is 6.42 Å². The Labute approximate surface area is 137 Å². The van der Waals surface area contributed by atoms with Crippen LogP contribution in [0.3, 0.4) is 0 Å². The Morgan fingerprint density at radius 1 is 1.00 bits per heavy atom. The number of aryl methyl sites for hydroxylation is 1. The first kappa shape index (κ1) is 17.9. The number of aromatic nitrogens is 1. The zero-order chi connectivity index (χ0) is 13.1. The summed E-state index contributed by atoms with van der Waals surface area (Å²) in [7, 11) is 0. The predicted molar refractivity (Wildman–Crippen MR) is 89.8 cm³/mol. The van der Waals surface area contributed by atoms with Crippen LogP contribution in [0.25, 0.3) is 11.1 Å². The first-order chi connectivity index (χ1) is 9.31. The largest absolute Gasteiger partial charge is 0.264 e. The monoisotopic (exact) mass is 327 g/mol. The van der Waals surface area contributed by atoms with Gasteiger partial charge in [-0.2, -0.15) is 0 Å². The second kappa shape index (κ2) is 8.35. The Hall–Kier alpha value is -1.12. The van der Waals surface area contributed by atoms with Crippen molar-refractivity contribution in [1.82, 2.24) is 4.98 Å². The molecule has 3 rings (SSSR count). The van der Waals surface area contributed by atoms with E-state index in [1.54, 1.807) is 12.1 Å². The van der Waals surface area contributed by atoms with Crippen molar-refractivity contribution >= 4 is 24.8 Å². The predicted octanol–water partition coefficient (Wildman–Crippen LogP) is 5.46. The number of benzene rings is 1. The van der Waals surface area contributed by atoms with Gasteiger partial charge in [0.1, 0.15) is 5.82 Å². The molecule has 1 aromatic heterocycles. The Bertz CT molecular complexity index is 553. The smallest absolute Gasteiger partial charge is 0.123 e. The topological polar surface area (TPSA) is 12.9 Å². The minimum absolute atomic E-state index is 0. The summed E-state index contributed by atoms with van der Waals surface area (Å²) >= 11 is 0. The van der Waals surface area contributed by atoms with Crippen LogP contribution in [-0.4, -0.2) is 4.98 Å². The molecule has 0 radical (unpaired) electrons. The zero-order valence-electron chi connectivity index (χ0n) is 11.8. The third kappa shape index (κ3) is 5.29. The second-order valence-corrected chi connectivity index (χ2v) is 5.42. The summed E-state index contributed by atoms with van der Waals surface area (Å²) < 4.78 is 12.9. The van der Waals surface area contributed by atoms with Gasteiger partial charge in [-0.05, 0) is 48.1 Å². The molecule has 0 bridgehead atoms. The molecule has 0 atom stereocenters. The van der Waals surface area contributed by atoms with Gasteiger partial charge in [0.15, 0.2) is 0 Å². The van der Waals surface area contributed by atoms with Crippen LogP contribution in [0, 0.1) is 11.7 Å². The molecule has 2 aromatic rings. The van der Waals surface area contributed by atoms with E-state index in [0.29, 0.717) is 0 Å². The van der Waals surface area contributed by atoms with Crippen molar-refractivity contribution in [1.29, 1.82) is 0 Å². The van der Waals surface area contributed by atoms with Crippen LogP contribution in [0.2, 0.25) is 0 Å². The van der Waals surface area contributed by atoms with Gasteiger partial charge >= 0.3 is 0 Å². The summed E-state index contributed by atoms with van der Waals surface area (Å²) in [5.74, 6) is 0.797. The highest BCUT2D eigenvalue weighted by Gasteiger charge is 2.20. The van der Waals surface area contributed by atoms with Crippen LogP contribution in [0.15, 0.2) is 42.7 Å². The third-order valence-corrected chi connectivity index (χ3v) is 3.75. The molecule has 1 aliphatic rings. The van der Waals surface area contributed by atoms with E-state index >= 15 is 0 Å². The van der Waals surface area contributed by atoms with E-state index in [9.17, 15) is 4.39 Å². The minimum Gasteiger partial charge on any atom is -0.264 e. The van der Waals surface area contributed by atoms with Crippen molar-refractivity contribution in [2.24, 2.45) is 5.92 Å². The molecule has 1 heterocycles. The Kier molecular flexibility index (Phi) is 7.13. The van der Waals surface area contributed by atoms with E-state index < -0.39 is 0 Å². The van der Waals surface area contributed by atoms with Crippen molar-refractivity contribution in [2.75, 3.05) is 0 Å². The van der Waals surface area contributed by atoms with Crippen LogP contribution in [0.5, 0.6) is 0 Å². The molecule has 1 nitrogen and oxygen atoms in total. The van der Waals surface area contributed by atoms with Gasteiger partial charge in [-0.15, -0.1) is 24.8 Å². The van der Waals surface area contributed by atoms with Crippen LogP contribution in [0.1, 0.15) is 31.2 Å². The van der Waals surface area contributed by atoms with Gasteiger partial charge in [-0.1, -0.05) is 31.4 Å². The normalized spacial score (nSPS) is 13.2. The number of hydrogen-bond acceptors (Lipinski definition) is 1. The second-order valence-electron chi connectivity index (χ2n) is 5.42. The maximum absolute atomic E-state index is 12.9. The lowest BCUT2D eigenvalue weighted by atomic mass is 10.0. The molecular formula is C17H20Cl2FN. The number of nitrogens with zero attached hydrogens (tertiary/aromatic N) is 1. The van der Waals surface area contributed by atoms with E-state index in [1.807, 2.05) is 12.4 Å². The average Bonchev–Trinajstić information content (AvgIpc) is 3.24. The van der Waals surface area contributed by atoms with Crippen LogP contribution < -0.4 is 0 Å². The molecule has 1 saturated carbocycles. The Morgan fingerprint density at radius 3 is 2.38 bits per heavy atom. The molecule has 1 fully saturated rings. The SMILES string of the molecule is Cl.Cl.Fc1ccc(-c2cncc(CCCC3CC3)c2)cc1. The quantitative estimate of drug-likeness (QED) is 0.710. The lowest BCUT2D eigenvalue weighted by Gasteiger charge is -2.05. The fraction of sp³-hybridized carbons (Fsp3) is 0.353. The molecule has 0 aliphatic heterocycles. The van der Waals surface area contributed by atoms with Crippen molar-refractivity contribution < 1.29 is 4.39 Å². The van der Waals surface area contributed by atoms with Gasteiger partial charge in [-0.3, -0.25) is 4.98 Å². The van der Waals surface area contributed by atoms with Gasteiger partial charge in [-0.25, -0.2) is 4.39 Å². The summed E-state index contributed by atoms with van der Waals surface area (Å²) in [6.45, 7) is 0. The standard InChI is InChI=1S/C17H18FN.2ClH/c18-17-8-6-15(7-9-17)16-10-14(11-19-12-16)3-1-2-13-4-5-13;;/h6-13H,1-5H2;2*1H. The summed E-state index contributed by atoms with van der Waals surface area (Å²) in [5, 5.41) is 0. The lowest BCUT2D eigenvalue weighted by Crippen LogP contribution is -1.90. The molecule has 0 N–H and O–H groups in total. The number of halogens is 3. The van der Waals surface area contributed by atoms with E-state index in [-0.39, 0.29) is 30.6 Å². The third-order valence-electron chi connectivity index (χ3n) is 3.75. The van der Waals surface area contributed by atoms with E-state index in [1.165, 1.54) is 43.4 Å². The first-order valence-electron chi connectivity index (χ1n) is 7.01. The van der Waals surface area contributed by atoms with Gasteiger partial charge in [0.05, 0.1) is 0 Å². The van der Waals surface area contributed by atoms with Crippen molar-refractivity contribution in [3.05, 3.63) is 54.1 Å². The molecule has 0 spiro atoms. The highest BCUT2D eigenvalue weighted by molar-refractivity contribution is 5.85. The fourth-order valence-electron chi connectivity index (χ4n) is 2.43. The van der Waals surface area contributed by atoms with Crippen molar-refractivity contribution in [3.63, 3.8) is 0 Å². The Balaban J connectivity index is 0.00000110. The van der Waals surface area contributed by atoms with Crippen molar-refractivity contribution in [2.45, 2.75) is 32.1 Å². The highest BCUT2D eigenvalue weighted by atomic mass is 35.5. The van der Waals surface area contributed by atoms with Gasteiger partial charge < -0.3 is 0 Å². The number of pyridine rings is 1. The van der Waals surface area contributed by atoms with Crippen LogP contribution in [0.4, 0.5) is 4.39 Å². The zero-order valence-corrected chi connectivity index (χ0v) is 13.4. The summed E-state index contributed by atoms with van der Waals surface area (Å²) in [4.78, 5) is 4.30. The summed E-state index contributed by atoms with van der Waals surface area (Å²) in [6, 6.07) is 8.78. The maximum atomic E-state index is 12.9. The fourth-order valence-corrected chi connectivity index (χ4v) is 2.43. The number of hydrogen-bond donors (Lipinski definition) is 0. The lowest BCUT2D eigenvalue weighted by molar-refractivity contribution is 0.628. The molecule has 0 amide bonds. The van der Waals surface area contributed by atoms with E-state index in [2.05, 4.69) is 11.1 Å². The molecule has 0 unspecified atom stereocenters. The van der Waals surface area contributed by atoms with Gasteiger partial charge in [0, 0.05) is 18.0 Å². The van der Waals surface area contributed by atoms with E-state index in [4.69, 9.17) is 0 Å². The van der Waals surface area contributed by atoms with E-state index in [0.717, 1.165) is 23.5 Å². The van der Waals surface area contributed by atoms with Crippen LogP contribution >= 0.6 is 24.8 Å². The average molecular weight is 328 g/mol. The minimum atomic E-state index is -0.197. The molecule has 21 heavy (non-hydrogen) atoms. The highest BCUT2D eigenvalue weighted by Crippen LogP contribution is 2.34. The summed E-state index contributed by atoms with van der Waals surface area (Å²) in [6.07, 6.45) is 10.3.